The molecule has 0 radical (unpaired) electrons. The SMILES string of the molecule is CC.Cc1ccccc1C(=O)c1cc2c(cc1C)C(=O)Cc1ccccc1N2.[HH]. The van der Waals surface area contributed by atoms with E-state index in [9.17, 15) is 9.59 Å². The molecule has 1 N–H and O–H groups in total. The Morgan fingerprint density at radius 1 is 0.857 bits per heavy atom. The fourth-order valence-corrected chi connectivity index (χ4v) is 3.47. The van der Waals surface area contributed by atoms with Crippen molar-refractivity contribution >= 4 is 22.9 Å². The maximum atomic E-state index is 13.1. The fourth-order valence-electron chi connectivity index (χ4n) is 3.47. The summed E-state index contributed by atoms with van der Waals surface area (Å²) in [7, 11) is 0. The van der Waals surface area contributed by atoms with Gasteiger partial charge in [-0.25, -0.2) is 0 Å². The van der Waals surface area contributed by atoms with Crippen LogP contribution in [0.2, 0.25) is 0 Å². The van der Waals surface area contributed by atoms with Gasteiger partial charge in [0.05, 0.1) is 5.69 Å². The Bertz CT molecular complexity index is 1060. The molecule has 0 amide bonds. The van der Waals surface area contributed by atoms with Crippen LogP contribution in [0.15, 0.2) is 60.7 Å². The number of rotatable bonds is 2. The van der Waals surface area contributed by atoms with E-state index in [0.29, 0.717) is 28.8 Å². The number of fused-ring (bicyclic) bond motifs is 2. The highest BCUT2D eigenvalue weighted by atomic mass is 16.1. The van der Waals surface area contributed by atoms with Crippen LogP contribution in [0.3, 0.4) is 0 Å². The lowest BCUT2D eigenvalue weighted by Gasteiger charge is -2.14. The number of para-hydroxylation sites is 1. The summed E-state index contributed by atoms with van der Waals surface area (Å²) in [5.74, 6) is 0.0469. The first-order valence-corrected chi connectivity index (χ1v) is 9.67. The monoisotopic (exact) mass is 373 g/mol. The van der Waals surface area contributed by atoms with Crippen molar-refractivity contribution in [2.75, 3.05) is 5.32 Å². The number of aryl methyl sites for hydroxylation is 2. The number of hydrogen-bond acceptors (Lipinski definition) is 3. The standard InChI is InChI=1S/C23H19NO2.C2H6.H2/c1-14-7-3-5-9-17(14)23(26)18-13-21-19(11-15(18)2)22(25)12-16-8-4-6-10-20(16)24-21;1-2;/h3-11,13,24H,12H2,1-2H3;1-2H3;1H. The largest absolute Gasteiger partial charge is 0.355 e. The molecule has 1 aliphatic rings. The van der Waals surface area contributed by atoms with E-state index in [4.69, 9.17) is 0 Å². The zero-order valence-corrected chi connectivity index (χ0v) is 16.8. The lowest BCUT2D eigenvalue weighted by molar-refractivity contribution is 0.0991. The van der Waals surface area contributed by atoms with Crippen LogP contribution in [0.25, 0.3) is 0 Å². The minimum Gasteiger partial charge on any atom is -0.355 e. The molecule has 1 aliphatic heterocycles. The second-order valence-corrected chi connectivity index (χ2v) is 6.74. The summed E-state index contributed by atoms with van der Waals surface area (Å²) in [6.07, 6.45) is 0.362. The van der Waals surface area contributed by atoms with Crippen LogP contribution >= 0.6 is 0 Å². The Hall–Kier alpha value is -3.20. The van der Waals surface area contributed by atoms with E-state index in [-0.39, 0.29) is 13.0 Å². The molecule has 0 fully saturated rings. The summed E-state index contributed by atoms with van der Waals surface area (Å²) in [6, 6.07) is 19.0. The first-order valence-electron chi connectivity index (χ1n) is 9.67. The molecule has 0 saturated carbocycles. The van der Waals surface area contributed by atoms with Gasteiger partial charge in [-0.1, -0.05) is 56.3 Å². The molecule has 3 aromatic carbocycles. The number of ketones is 2. The molecule has 28 heavy (non-hydrogen) atoms. The summed E-state index contributed by atoms with van der Waals surface area (Å²) in [4.78, 5) is 25.8. The lowest BCUT2D eigenvalue weighted by atomic mass is 9.92. The number of Topliss-reactive ketones (excluding diaryl/α,β-unsaturated/α-hetero) is 1. The van der Waals surface area contributed by atoms with Crippen molar-refractivity contribution in [3.05, 3.63) is 94.0 Å². The molecule has 0 bridgehead atoms. The van der Waals surface area contributed by atoms with E-state index in [1.54, 1.807) is 0 Å². The Morgan fingerprint density at radius 3 is 2.29 bits per heavy atom. The highest BCUT2D eigenvalue weighted by molar-refractivity contribution is 6.13. The second kappa shape index (κ2) is 8.22. The van der Waals surface area contributed by atoms with Crippen LogP contribution in [-0.2, 0) is 6.42 Å². The van der Waals surface area contributed by atoms with Crippen LogP contribution in [-0.4, -0.2) is 11.6 Å². The highest BCUT2D eigenvalue weighted by Crippen LogP contribution is 2.32. The Balaban J connectivity index is 0.000000970. The van der Waals surface area contributed by atoms with Crippen molar-refractivity contribution in [2.24, 2.45) is 0 Å². The van der Waals surface area contributed by atoms with E-state index < -0.39 is 0 Å². The van der Waals surface area contributed by atoms with Gasteiger partial charge < -0.3 is 5.32 Å². The smallest absolute Gasteiger partial charge is 0.193 e. The third-order valence-electron chi connectivity index (χ3n) is 4.94. The van der Waals surface area contributed by atoms with Crippen molar-refractivity contribution < 1.29 is 11.0 Å². The predicted molar refractivity (Wildman–Crippen MR) is 117 cm³/mol. The topological polar surface area (TPSA) is 46.2 Å². The molecule has 0 saturated heterocycles. The second-order valence-electron chi connectivity index (χ2n) is 6.74. The zero-order valence-electron chi connectivity index (χ0n) is 16.8. The summed E-state index contributed by atoms with van der Waals surface area (Å²) in [6.45, 7) is 7.82. The average Bonchev–Trinajstić information content (AvgIpc) is 2.84. The molecule has 3 nitrogen and oxygen atoms in total. The minimum absolute atomic E-state index is 0. The van der Waals surface area contributed by atoms with E-state index in [2.05, 4.69) is 5.32 Å². The minimum atomic E-state index is -0.0184. The van der Waals surface area contributed by atoms with Crippen LogP contribution < -0.4 is 5.32 Å². The third-order valence-corrected chi connectivity index (χ3v) is 4.94. The van der Waals surface area contributed by atoms with Crippen LogP contribution in [0.5, 0.6) is 0 Å². The normalized spacial score (nSPS) is 11.9. The van der Waals surface area contributed by atoms with Gasteiger partial charge >= 0.3 is 0 Å². The number of carbonyl (C=O) groups is 2. The van der Waals surface area contributed by atoms with Gasteiger partial charge in [0, 0.05) is 30.2 Å². The fraction of sp³-hybridized carbons (Fsp3) is 0.200. The molecule has 0 aliphatic carbocycles. The molecule has 144 valence electrons. The van der Waals surface area contributed by atoms with Crippen molar-refractivity contribution in [1.82, 2.24) is 0 Å². The average molecular weight is 373 g/mol. The predicted octanol–water partition coefficient (Wildman–Crippen LogP) is 6.29. The van der Waals surface area contributed by atoms with Crippen LogP contribution in [0, 0.1) is 13.8 Å². The van der Waals surface area contributed by atoms with Gasteiger partial charge in [0.15, 0.2) is 11.6 Å². The van der Waals surface area contributed by atoms with Crippen molar-refractivity contribution in [1.29, 1.82) is 0 Å². The number of benzene rings is 3. The number of carbonyl (C=O) groups excluding carboxylic acids is 2. The molecular formula is C25H27NO2. The highest BCUT2D eigenvalue weighted by Gasteiger charge is 2.23. The molecule has 0 aromatic heterocycles. The van der Waals surface area contributed by atoms with Crippen LogP contribution in [0.4, 0.5) is 11.4 Å². The molecule has 4 rings (SSSR count). The molecule has 0 atom stereocenters. The molecule has 1 heterocycles. The third kappa shape index (κ3) is 3.61. The number of hydrogen-bond donors (Lipinski definition) is 1. The number of anilines is 2. The maximum Gasteiger partial charge on any atom is 0.193 e. The summed E-state index contributed by atoms with van der Waals surface area (Å²) in [5.41, 5.74) is 6.30. The van der Waals surface area contributed by atoms with E-state index in [0.717, 1.165) is 22.4 Å². The molecule has 3 aromatic rings. The lowest BCUT2D eigenvalue weighted by Crippen LogP contribution is -2.09. The zero-order chi connectivity index (χ0) is 20.3. The quantitative estimate of drug-likeness (QED) is 0.537. The van der Waals surface area contributed by atoms with Gasteiger partial charge in [-0.3, -0.25) is 9.59 Å². The molecule has 0 unspecified atom stereocenters. The Kier molecular flexibility index (Phi) is 5.74. The Labute approximate surface area is 167 Å². The summed E-state index contributed by atoms with van der Waals surface area (Å²) < 4.78 is 0. The van der Waals surface area contributed by atoms with Crippen molar-refractivity contribution in [2.45, 2.75) is 34.1 Å². The summed E-state index contributed by atoms with van der Waals surface area (Å²) >= 11 is 0. The van der Waals surface area contributed by atoms with Gasteiger partial charge in [-0.05, 0) is 48.7 Å². The first kappa shape index (κ1) is 19.6. The van der Waals surface area contributed by atoms with Gasteiger partial charge in [-0.2, -0.15) is 0 Å². The van der Waals surface area contributed by atoms with Gasteiger partial charge in [0.2, 0.25) is 0 Å². The molecule has 0 spiro atoms. The van der Waals surface area contributed by atoms with Crippen LogP contribution in [0.1, 0.15) is 58.2 Å². The number of nitrogens with one attached hydrogen (secondary N) is 1. The Morgan fingerprint density at radius 2 is 1.54 bits per heavy atom. The van der Waals surface area contributed by atoms with E-state index >= 15 is 0 Å². The summed E-state index contributed by atoms with van der Waals surface area (Å²) in [5, 5.41) is 3.35. The molecular weight excluding hydrogens is 346 g/mol. The van der Waals surface area contributed by atoms with E-state index in [1.807, 2.05) is 88.4 Å². The van der Waals surface area contributed by atoms with E-state index in [1.165, 1.54) is 0 Å². The molecule has 3 heteroatoms. The van der Waals surface area contributed by atoms with Crippen molar-refractivity contribution in [3.63, 3.8) is 0 Å². The van der Waals surface area contributed by atoms with Gasteiger partial charge in [-0.15, -0.1) is 0 Å². The first-order chi connectivity index (χ1) is 13.5. The van der Waals surface area contributed by atoms with Crippen molar-refractivity contribution in [3.8, 4) is 0 Å². The van der Waals surface area contributed by atoms with Gasteiger partial charge in [0.25, 0.3) is 0 Å². The van der Waals surface area contributed by atoms with Gasteiger partial charge in [0.1, 0.15) is 0 Å². The maximum absolute atomic E-state index is 13.1.